The standard InChI is InChI=1S/C24H50NO3P/c1-6-8-9-10-11-12-13-14-15-16-17-18-19-20-21-22-23-28-29(26,27)24(7-2)25(3,4)5/h16-17,24H,6-15,18-23H2,1-5H3/p+1/b17-16-. The van der Waals surface area contributed by atoms with Crippen molar-refractivity contribution in [1.29, 1.82) is 0 Å². The van der Waals surface area contributed by atoms with Gasteiger partial charge in [0.2, 0.25) is 0 Å². The molecule has 0 heterocycles. The largest absolute Gasteiger partial charge is 0.385 e. The van der Waals surface area contributed by atoms with Gasteiger partial charge in [-0.2, -0.15) is 0 Å². The first-order valence-electron chi connectivity index (χ1n) is 12.2. The van der Waals surface area contributed by atoms with Crippen molar-refractivity contribution >= 4 is 7.60 Å². The van der Waals surface area contributed by atoms with E-state index in [4.69, 9.17) is 4.52 Å². The summed E-state index contributed by atoms with van der Waals surface area (Å²) in [6.07, 6.45) is 23.0. The van der Waals surface area contributed by atoms with Crippen molar-refractivity contribution in [3.63, 3.8) is 0 Å². The fraction of sp³-hybridized carbons (Fsp3) is 0.917. The van der Waals surface area contributed by atoms with E-state index in [1.54, 1.807) is 0 Å². The maximum absolute atomic E-state index is 12.5. The van der Waals surface area contributed by atoms with Gasteiger partial charge >= 0.3 is 7.60 Å². The highest BCUT2D eigenvalue weighted by molar-refractivity contribution is 7.53. The lowest BCUT2D eigenvalue weighted by Gasteiger charge is -2.35. The van der Waals surface area contributed by atoms with E-state index in [0.29, 0.717) is 17.5 Å². The Hall–Kier alpha value is -0.150. The highest BCUT2D eigenvalue weighted by Gasteiger charge is 2.41. The van der Waals surface area contributed by atoms with Crippen LogP contribution >= 0.6 is 7.60 Å². The van der Waals surface area contributed by atoms with Gasteiger partial charge in [-0.1, -0.05) is 83.8 Å². The van der Waals surface area contributed by atoms with Crippen molar-refractivity contribution in [2.24, 2.45) is 0 Å². The molecule has 0 aliphatic heterocycles. The Bertz CT molecular complexity index is 446. The molecule has 4 nitrogen and oxygen atoms in total. The summed E-state index contributed by atoms with van der Waals surface area (Å²) in [6, 6.07) is 0. The minimum atomic E-state index is -3.55. The third-order valence-electron chi connectivity index (χ3n) is 5.57. The summed E-state index contributed by atoms with van der Waals surface area (Å²) in [5, 5.41) is 0. The predicted molar refractivity (Wildman–Crippen MR) is 127 cm³/mol. The summed E-state index contributed by atoms with van der Waals surface area (Å²) in [5.74, 6) is -0.353. The zero-order valence-electron chi connectivity index (χ0n) is 20.2. The van der Waals surface area contributed by atoms with Gasteiger partial charge in [0.25, 0.3) is 0 Å². The number of hydrogen-bond acceptors (Lipinski definition) is 2. The molecular formula is C24H51NO3P+. The van der Waals surface area contributed by atoms with E-state index in [0.717, 1.165) is 25.7 Å². The summed E-state index contributed by atoms with van der Waals surface area (Å²) >= 11 is 0. The van der Waals surface area contributed by atoms with Crippen LogP contribution in [-0.4, -0.2) is 42.9 Å². The lowest BCUT2D eigenvalue weighted by atomic mass is 10.1. The van der Waals surface area contributed by atoms with Crippen LogP contribution in [-0.2, 0) is 9.09 Å². The van der Waals surface area contributed by atoms with Gasteiger partial charge in [0.05, 0.1) is 27.7 Å². The number of unbranched alkanes of at least 4 members (excludes halogenated alkanes) is 12. The summed E-state index contributed by atoms with van der Waals surface area (Å²) < 4.78 is 18.3. The van der Waals surface area contributed by atoms with Crippen molar-refractivity contribution in [1.82, 2.24) is 0 Å². The third kappa shape index (κ3) is 16.2. The minimum Gasteiger partial charge on any atom is -0.320 e. The average Bonchev–Trinajstić information content (AvgIpc) is 2.63. The van der Waals surface area contributed by atoms with Crippen LogP contribution in [0.25, 0.3) is 0 Å². The molecule has 0 bridgehead atoms. The van der Waals surface area contributed by atoms with Gasteiger partial charge in [-0.3, -0.25) is 4.57 Å². The van der Waals surface area contributed by atoms with Crippen molar-refractivity contribution in [3.05, 3.63) is 12.2 Å². The second-order valence-electron chi connectivity index (χ2n) is 9.34. The monoisotopic (exact) mass is 432 g/mol. The van der Waals surface area contributed by atoms with E-state index in [-0.39, 0.29) is 5.78 Å². The van der Waals surface area contributed by atoms with E-state index < -0.39 is 7.60 Å². The van der Waals surface area contributed by atoms with Gasteiger partial charge in [0, 0.05) is 6.42 Å². The van der Waals surface area contributed by atoms with Gasteiger partial charge in [0.15, 0.2) is 5.78 Å². The Balaban J connectivity index is 3.55. The first kappa shape index (κ1) is 28.9. The van der Waals surface area contributed by atoms with E-state index in [2.05, 4.69) is 19.1 Å². The molecule has 0 amide bonds. The van der Waals surface area contributed by atoms with Gasteiger partial charge in [-0.05, 0) is 32.1 Å². The molecule has 0 aliphatic rings. The van der Waals surface area contributed by atoms with E-state index in [1.807, 2.05) is 28.1 Å². The quantitative estimate of drug-likeness (QED) is 0.0929. The van der Waals surface area contributed by atoms with E-state index in [9.17, 15) is 9.46 Å². The molecule has 29 heavy (non-hydrogen) atoms. The highest BCUT2D eigenvalue weighted by Crippen LogP contribution is 2.51. The minimum absolute atomic E-state index is 0.353. The van der Waals surface area contributed by atoms with Crippen LogP contribution in [0.3, 0.4) is 0 Å². The first-order valence-corrected chi connectivity index (χ1v) is 13.8. The maximum Gasteiger partial charge on any atom is 0.385 e. The molecule has 0 aliphatic carbocycles. The summed E-state index contributed by atoms with van der Waals surface area (Å²) in [7, 11) is 2.29. The van der Waals surface area contributed by atoms with Crippen LogP contribution in [0.5, 0.6) is 0 Å². The van der Waals surface area contributed by atoms with Crippen LogP contribution in [0.15, 0.2) is 12.2 Å². The van der Waals surface area contributed by atoms with E-state index in [1.165, 1.54) is 64.2 Å². The van der Waals surface area contributed by atoms with Crippen LogP contribution in [0.4, 0.5) is 0 Å². The molecule has 0 aromatic rings. The normalized spacial score (nSPS) is 15.7. The average molecular weight is 433 g/mol. The molecule has 0 aromatic heterocycles. The Morgan fingerprint density at radius 3 is 1.69 bits per heavy atom. The van der Waals surface area contributed by atoms with Crippen LogP contribution in [0, 0.1) is 0 Å². The maximum atomic E-state index is 12.5. The molecule has 0 fully saturated rings. The van der Waals surface area contributed by atoms with Gasteiger partial charge in [-0.25, -0.2) is 0 Å². The van der Waals surface area contributed by atoms with Gasteiger partial charge < -0.3 is 13.9 Å². The highest BCUT2D eigenvalue weighted by atomic mass is 31.2. The lowest BCUT2D eigenvalue weighted by molar-refractivity contribution is -0.883. The fourth-order valence-electron chi connectivity index (χ4n) is 3.85. The summed E-state index contributed by atoms with van der Waals surface area (Å²) in [5.41, 5.74) is 0. The van der Waals surface area contributed by atoms with Crippen molar-refractivity contribution in [3.8, 4) is 0 Å². The summed E-state index contributed by atoms with van der Waals surface area (Å²) in [6.45, 7) is 4.60. The van der Waals surface area contributed by atoms with Gasteiger partial charge in [0.1, 0.15) is 0 Å². The molecule has 0 rings (SSSR count). The Morgan fingerprint density at radius 1 is 0.793 bits per heavy atom. The van der Waals surface area contributed by atoms with Crippen molar-refractivity contribution in [2.45, 2.75) is 116 Å². The molecule has 0 spiro atoms. The van der Waals surface area contributed by atoms with Gasteiger partial charge in [-0.15, -0.1) is 0 Å². The lowest BCUT2D eigenvalue weighted by Crippen LogP contribution is -2.44. The molecule has 0 saturated heterocycles. The topological polar surface area (TPSA) is 46.5 Å². The number of nitrogens with zero attached hydrogens (tertiary/aromatic N) is 1. The number of quaternary nitrogens is 1. The van der Waals surface area contributed by atoms with Crippen LogP contribution < -0.4 is 0 Å². The molecule has 2 unspecified atom stereocenters. The molecule has 174 valence electrons. The zero-order valence-corrected chi connectivity index (χ0v) is 21.1. The smallest absolute Gasteiger partial charge is 0.320 e. The number of allylic oxidation sites excluding steroid dienone is 2. The van der Waals surface area contributed by atoms with Crippen LogP contribution in [0.2, 0.25) is 0 Å². The number of hydrogen-bond donors (Lipinski definition) is 1. The predicted octanol–water partition coefficient (Wildman–Crippen LogP) is 7.67. The Kier molecular flexibility index (Phi) is 17.4. The second-order valence-corrected chi connectivity index (χ2v) is 11.3. The molecule has 2 atom stereocenters. The molecule has 0 saturated carbocycles. The van der Waals surface area contributed by atoms with Crippen molar-refractivity contribution < 1.29 is 18.5 Å². The second kappa shape index (κ2) is 17.5. The molecule has 0 aromatic carbocycles. The van der Waals surface area contributed by atoms with Crippen LogP contribution in [0.1, 0.15) is 110 Å². The Morgan fingerprint density at radius 2 is 1.24 bits per heavy atom. The zero-order chi connectivity index (χ0) is 22.0. The first-order chi connectivity index (χ1) is 13.8. The Labute approximate surface area is 182 Å². The molecular weight excluding hydrogens is 381 g/mol. The molecule has 1 N–H and O–H groups in total. The fourth-order valence-corrected chi connectivity index (χ4v) is 5.75. The third-order valence-corrected chi connectivity index (χ3v) is 7.93. The van der Waals surface area contributed by atoms with E-state index >= 15 is 0 Å². The molecule has 0 radical (unpaired) electrons. The summed E-state index contributed by atoms with van der Waals surface area (Å²) in [4.78, 5) is 10.2. The number of rotatable bonds is 20. The molecule has 5 heteroatoms. The SMILES string of the molecule is CCCCCCCCCC/C=C\CCCCCCOP(=O)(O)C(CC)[N+](C)(C)C. The van der Waals surface area contributed by atoms with Crippen molar-refractivity contribution in [2.75, 3.05) is 27.7 Å².